The maximum absolute atomic E-state index is 13.1. The number of halogens is 5. The third-order valence-corrected chi connectivity index (χ3v) is 7.61. The number of carbonyl (C=O) groups excluding carboxylic acids is 2. The highest BCUT2D eigenvalue weighted by atomic mass is 35.5. The van der Waals surface area contributed by atoms with Crippen LogP contribution in [-0.2, 0) is 4.79 Å². The minimum absolute atomic E-state index is 0.0634. The molecule has 3 rings (SSSR count). The molecule has 0 radical (unpaired) electrons. The van der Waals surface area contributed by atoms with Crippen LogP contribution in [0.1, 0.15) is 30.6 Å². The Bertz CT molecular complexity index is 952. The van der Waals surface area contributed by atoms with Gasteiger partial charge in [-0.05, 0) is 50.6 Å². The molecule has 4 nitrogen and oxygen atoms in total. The summed E-state index contributed by atoms with van der Waals surface area (Å²) in [6.07, 6.45) is 1.95. The Hall–Kier alpha value is -1.48. The second-order valence-electron chi connectivity index (χ2n) is 7.83. The molecule has 0 spiro atoms. The van der Waals surface area contributed by atoms with Crippen LogP contribution in [0, 0.1) is 0 Å². The van der Waals surface area contributed by atoms with Crippen molar-refractivity contribution in [3.05, 3.63) is 52.0 Å². The van der Waals surface area contributed by atoms with E-state index in [1.54, 1.807) is 4.90 Å². The zero-order valence-electron chi connectivity index (χ0n) is 17.5. The molecule has 2 aliphatic rings. The number of nitrogens with zero attached hydrogens (tertiary/aromatic N) is 2. The number of Topliss-reactive ketones (excluding diaryl/α,β-unsaturated/α-hetero) is 1. The Morgan fingerprint density at radius 1 is 1.16 bits per heavy atom. The average molecular weight is 507 g/mol. The summed E-state index contributed by atoms with van der Waals surface area (Å²) in [6, 6.07) is 4.69. The van der Waals surface area contributed by atoms with Gasteiger partial charge in [-0.2, -0.15) is 13.2 Å². The molecule has 1 aromatic rings. The molecule has 0 saturated carbocycles. The quantitative estimate of drug-likeness (QED) is 0.491. The van der Waals surface area contributed by atoms with Gasteiger partial charge in [-0.3, -0.25) is 14.5 Å². The number of hydrogen-bond donors (Lipinski definition) is 0. The van der Waals surface area contributed by atoms with Crippen LogP contribution >= 0.6 is 35.0 Å². The van der Waals surface area contributed by atoms with Crippen LogP contribution < -0.4 is 0 Å². The molecule has 1 unspecified atom stereocenters. The van der Waals surface area contributed by atoms with E-state index >= 15 is 0 Å². The molecule has 1 saturated heterocycles. The Balaban J connectivity index is 1.66. The number of piperazine rings is 1. The van der Waals surface area contributed by atoms with Gasteiger partial charge >= 0.3 is 6.18 Å². The molecule has 3 atom stereocenters. The highest BCUT2D eigenvalue weighted by Gasteiger charge is 2.38. The summed E-state index contributed by atoms with van der Waals surface area (Å²) in [5.41, 5.74) is 0.359. The van der Waals surface area contributed by atoms with Crippen LogP contribution in [0.15, 0.2) is 46.4 Å². The van der Waals surface area contributed by atoms with Gasteiger partial charge in [0.1, 0.15) is 0 Å². The monoisotopic (exact) mass is 506 g/mol. The van der Waals surface area contributed by atoms with Crippen LogP contribution in [0.4, 0.5) is 13.2 Å². The summed E-state index contributed by atoms with van der Waals surface area (Å²) < 4.78 is 37.2. The Labute approximate surface area is 199 Å². The molecular formula is C22H23Cl2F3N2O2S. The average Bonchev–Trinajstić information content (AvgIpc) is 2.73. The van der Waals surface area contributed by atoms with Crippen LogP contribution in [-0.4, -0.2) is 64.6 Å². The number of ketones is 1. The number of rotatable bonds is 5. The predicted octanol–water partition coefficient (Wildman–Crippen LogP) is 5.55. The normalized spacial score (nSPS) is 24.4. The van der Waals surface area contributed by atoms with Crippen LogP contribution in [0.25, 0.3) is 0 Å². The van der Waals surface area contributed by atoms with Gasteiger partial charge in [0.05, 0.1) is 10.8 Å². The van der Waals surface area contributed by atoms with Gasteiger partial charge in [0, 0.05) is 46.7 Å². The molecule has 10 heteroatoms. The third-order valence-electron chi connectivity index (χ3n) is 5.86. The lowest BCUT2D eigenvalue weighted by molar-refractivity contribution is -0.167. The van der Waals surface area contributed by atoms with E-state index in [2.05, 4.69) is 11.8 Å². The lowest BCUT2D eigenvalue weighted by atomic mass is 9.98. The maximum atomic E-state index is 13.1. The van der Waals surface area contributed by atoms with Crippen LogP contribution in [0.2, 0.25) is 5.02 Å². The fourth-order valence-electron chi connectivity index (χ4n) is 3.92. The van der Waals surface area contributed by atoms with E-state index in [1.165, 1.54) is 18.2 Å². The van der Waals surface area contributed by atoms with Crippen molar-refractivity contribution in [2.75, 3.05) is 18.8 Å². The molecule has 1 heterocycles. The number of benzene rings is 1. The first-order valence-corrected chi connectivity index (χ1v) is 11.9. The van der Waals surface area contributed by atoms with E-state index in [0.29, 0.717) is 40.3 Å². The molecule has 1 aliphatic carbocycles. The van der Waals surface area contributed by atoms with Gasteiger partial charge in [0.25, 0.3) is 5.91 Å². The fraction of sp³-hybridized carbons (Fsp3) is 0.455. The molecule has 0 N–H and O–H groups in total. The molecule has 0 aromatic heterocycles. The third kappa shape index (κ3) is 5.71. The van der Waals surface area contributed by atoms with Gasteiger partial charge in [0.2, 0.25) is 5.78 Å². The van der Waals surface area contributed by atoms with E-state index < -0.39 is 17.7 Å². The number of allylic oxidation sites excluding steroid dienone is 2. The first-order valence-electron chi connectivity index (χ1n) is 10.1. The molecule has 1 fully saturated rings. The van der Waals surface area contributed by atoms with Gasteiger partial charge in [0.15, 0.2) is 0 Å². The molecule has 1 aromatic carbocycles. The number of thioether (sulfide) groups is 1. The van der Waals surface area contributed by atoms with E-state index in [9.17, 15) is 22.8 Å². The first-order chi connectivity index (χ1) is 15.0. The standard InChI is InChI=1S/C22H23Cl2F3N2O2S/c1-13-14(2)29(9-8-28(13)17-5-3-4-16(23)11-17)21(31)15-6-7-19(18(24)10-15)32-12-20(30)22(25,26)27/h3-4,6-7,10-11,13-14,17H,5,8-9,12H2,1-2H3/t13?,14-,17+/m0/s1. The lowest BCUT2D eigenvalue weighted by Gasteiger charge is -2.47. The summed E-state index contributed by atoms with van der Waals surface area (Å²) in [5, 5.41) is 0.855. The zero-order chi connectivity index (χ0) is 23.6. The number of alkyl halides is 3. The molecule has 1 amide bonds. The predicted molar refractivity (Wildman–Crippen MR) is 121 cm³/mol. The molecule has 32 heavy (non-hydrogen) atoms. The van der Waals surface area contributed by atoms with Gasteiger partial charge < -0.3 is 4.90 Å². The SMILES string of the molecule is CC1[C@H](C)N(C(=O)c2ccc(SCC(=O)C(F)(F)F)c(Cl)c2)CCN1[C@H]1C=C(Cl)C=CC1. The van der Waals surface area contributed by atoms with E-state index in [1.807, 2.05) is 25.2 Å². The van der Waals surface area contributed by atoms with Crippen molar-refractivity contribution in [3.8, 4) is 0 Å². The smallest absolute Gasteiger partial charge is 0.333 e. The molecule has 0 bridgehead atoms. The molecule has 174 valence electrons. The minimum Gasteiger partial charge on any atom is -0.333 e. The summed E-state index contributed by atoms with van der Waals surface area (Å²) in [6.45, 7) is 5.30. The number of amides is 1. The van der Waals surface area contributed by atoms with E-state index in [0.717, 1.165) is 6.42 Å². The Morgan fingerprint density at radius 2 is 1.88 bits per heavy atom. The van der Waals surface area contributed by atoms with Gasteiger partial charge in [-0.1, -0.05) is 29.3 Å². The fourth-order valence-corrected chi connectivity index (χ4v) is 5.31. The number of carbonyl (C=O) groups is 2. The van der Waals surface area contributed by atoms with Crippen molar-refractivity contribution >= 4 is 46.7 Å². The zero-order valence-corrected chi connectivity index (χ0v) is 19.9. The van der Waals surface area contributed by atoms with Crippen LogP contribution in [0.3, 0.4) is 0 Å². The lowest BCUT2D eigenvalue weighted by Crippen LogP contribution is -2.61. The summed E-state index contributed by atoms with van der Waals surface area (Å²) in [4.78, 5) is 28.7. The summed E-state index contributed by atoms with van der Waals surface area (Å²) in [7, 11) is 0. The maximum Gasteiger partial charge on any atom is 0.450 e. The highest BCUT2D eigenvalue weighted by Crippen LogP contribution is 2.32. The van der Waals surface area contributed by atoms with Crippen molar-refractivity contribution in [1.29, 1.82) is 0 Å². The second-order valence-corrected chi connectivity index (χ2v) is 9.69. The highest BCUT2D eigenvalue weighted by molar-refractivity contribution is 8.00. The van der Waals surface area contributed by atoms with Gasteiger partial charge in [-0.25, -0.2) is 0 Å². The molecular weight excluding hydrogens is 484 g/mol. The molecule has 1 aliphatic heterocycles. The van der Waals surface area contributed by atoms with E-state index in [-0.39, 0.29) is 29.1 Å². The van der Waals surface area contributed by atoms with Crippen molar-refractivity contribution in [2.45, 2.75) is 49.5 Å². The van der Waals surface area contributed by atoms with E-state index in [4.69, 9.17) is 23.2 Å². The van der Waals surface area contributed by atoms with Gasteiger partial charge in [-0.15, -0.1) is 11.8 Å². The Kier molecular flexibility index (Phi) is 8.02. The number of hydrogen-bond acceptors (Lipinski definition) is 4. The Morgan fingerprint density at radius 3 is 2.50 bits per heavy atom. The topological polar surface area (TPSA) is 40.6 Å². The largest absolute Gasteiger partial charge is 0.450 e. The van der Waals surface area contributed by atoms with Crippen molar-refractivity contribution in [1.82, 2.24) is 9.80 Å². The summed E-state index contributed by atoms with van der Waals surface area (Å²) >= 11 is 13.1. The summed E-state index contributed by atoms with van der Waals surface area (Å²) in [5.74, 6) is -2.78. The first kappa shape index (κ1) is 25.1. The van der Waals surface area contributed by atoms with Crippen molar-refractivity contribution in [2.24, 2.45) is 0 Å². The van der Waals surface area contributed by atoms with Crippen molar-refractivity contribution < 1.29 is 22.8 Å². The second kappa shape index (κ2) is 10.2. The van der Waals surface area contributed by atoms with Crippen LogP contribution in [0.5, 0.6) is 0 Å². The minimum atomic E-state index is -4.88. The van der Waals surface area contributed by atoms with Crippen molar-refractivity contribution in [3.63, 3.8) is 0 Å².